The Balaban J connectivity index is 1.63. The van der Waals surface area contributed by atoms with Gasteiger partial charge in [-0.05, 0) is 52.7 Å². The summed E-state index contributed by atoms with van der Waals surface area (Å²) < 4.78 is 0. The number of nitrogens with zero attached hydrogens (tertiary/aromatic N) is 3. The fourth-order valence-corrected chi connectivity index (χ4v) is 4.33. The quantitative estimate of drug-likeness (QED) is 0.607. The van der Waals surface area contributed by atoms with Crippen LogP contribution in [-0.2, 0) is 6.54 Å². The third-order valence-corrected chi connectivity index (χ3v) is 5.94. The molecule has 146 valence electrons. The first kappa shape index (κ1) is 19.7. The van der Waals surface area contributed by atoms with Crippen LogP contribution < -0.4 is 15.5 Å². The van der Waals surface area contributed by atoms with E-state index in [9.17, 15) is 0 Å². The SMILES string of the molecule is CCNC(=NCc1sc(C)nc1C)NC1CCCN(c2ccc(C)cc2)C1. The van der Waals surface area contributed by atoms with Gasteiger partial charge >= 0.3 is 0 Å². The average molecular weight is 386 g/mol. The minimum absolute atomic E-state index is 0.405. The summed E-state index contributed by atoms with van der Waals surface area (Å²) in [5.41, 5.74) is 3.71. The Kier molecular flexibility index (Phi) is 6.72. The Labute approximate surface area is 166 Å². The zero-order valence-electron chi connectivity index (χ0n) is 16.9. The molecular weight excluding hydrogens is 354 g/mol. The van der Waals surface area contributed by atoms with Gasteiger partial charge in [0.05, 0.1) is 17.2 Å². The van der Waals surface area contributed by atoms with E-state index in [2.05, 4.69) is 72.5 Å². The van der Waals surface area contributed by atoms with Gasteiger partial charge in [-0.25, -0.2) is 9.98 Å². The van der Waals surface area contributed by atoms with E-state index in [1.54, 1.807) is 11.3 Å². The lowest BCUT2D eigenvalue weighted by molar-refractivity contribution is 0.468. The van der Waals surface area contributed by atoms with E-state index in [0.717, 1.165) is 36.3 Å². The molecule has 1 aromatic heterocycles. The molecule has 1 atom stereocenters. The van der Waals surface area contributed by atoms with Crippen LogP contribution in [0.5, 0.6) is 0 Å². The maximum atomic E-state index is 4.81. The zero-order chi connectivity index (χ0) is 19.2. The topological polar surface area (TPSA) is 52.6 Å². The summed E-state index contributed by atoms with van der Waals surface area (Å²) in [7, 11) is 0. The molecule has 1 aliphatic rings. The highest BCUT2D eigenvalue weighted by Crippen LogP contribution is 2.21. The van der Waals surface area contributed by atoms with E-state index in [1.165, 1.54) is 29.0 Å². The van der Waals surface area contributed by atoms with Gasteiger partial charge < -0.3 is 15.5 Å². The van der Waals surface area contributed by atoms with Crippen molar-refractivity contribution in [3.8, 4) is 0 Å². The molecule has 0 aliphatic carbocycles. The molecule has 6 heteroatoms. The number of aryl methyl sites for hydroxylation is 3. The van der Waals surface area contributed by atoms with Crippen molar-refractivity contribution < 1.29 is 0 Å². The molecule has 0 amide bonds. The molecule has 1 aliphatic heterocycles. The first-order valence-corrected chi connectivity index (χ1v) is 10.7. The van der Waals surface area contributed by atoms with Gasteiger partial charge in [0.15, 0.2) is 5.96 Å². The van der Waals surface area contributed by atoms with E-state index >= 15 is 0 Å². The summed E-state index contributed by atoms with van der Waals surface area (Å²) in [6.45, 7) is 12.0. The third kappa shape index (κ3) is 5.45. The standard InChI is InChI=1S/C21H31N5S/c1-5-22-21(23-13-20-16(3)24-17(4)27-20)25-18-7-6-12-26(14-18)19-10-8-15(2)9-11-19/h8-11,18H,5-7,12-14H2,1-4H3,(H2,22,23,25). The zero-order valence-corrected chi connectivity index (χ0v) is 17.7. The lowest BCUT2D eigenvalue weighted by Crippen LogP contribution is -2.51. The first-order chi connectivity index (χ1) is 13.0. The smallest absolute Gasteiger partial charge is 0.191 e. The second kappa shape index (κ2) is 9.22. The highest BCUT2D eigenvalue weighted by Gasteiger charge is 2.21. The summed E-state index contributed by atoms with van der Waals surface area (Å²) in [5, 5.41) is 8.15. The molecule has 2 heterocycles. The number of hydrogen-bond donors (Lipinski definition) is 2. The highest BCUT2D eigenvalue weighted by atomic mass is 32.1. The Morgan fingerprint density at radius 1 is 1.26 bits per heavy atom. The lowest BCUT2D eigenvalue weighted by Gasteiger charge is -2.35. The van der Waals surface area contributed by atoms with Crippen molar-refractivity contribution in [3.05, 3.63) is 45.4 Å². The van der Waals surface area contributed by atoms with E-state index in [-0.39, 0.29) is 0 Å². The minimum atomic E-state index is 0.405. The second-order valence-electron chi connectivity index (χ2n) is 7.20. The van der Waals surface area contributed by atoms with Gasteiger partial charge in [0.25, 0.3) is 0 Å². The third-order valence-electron chi connectivity index (χ3n) is 4.89. The molecule has 1 aromatic carbocycles. The number of aliphatic imine (C=N–C) groups is 1. The van der Waals surface area contributed by atoms with Gasteiger partial charge in [-0.3, -0.25) is 0 Å². The number of aromatic nitrogens is 1. The molecule has 1 fully saturated rings. The van der Waals surface area contributed by atoms with Crippen LogP contribution >= 0.6 is 11.3 Å². The maximum absolute atomic E-state index is 4.81. The van der Waals surface area contributed by atoms with Crippen LogP contribution in [0.3, 0.4) is 0 Å². The Bertz CT molecular complexity index is 765. The Morgan fingerprint density at radius 2 is 2.04 bits per heavy atom. The van der Waals surface area contributed by atoms with E-state index in [1.807, 2.05) is 0 Å². The van der Waals surface area contributed by atoms with E-state index < -0.39 is 0 Å². The van der Waals surface area contributed by atoms with Gasteiger partial charge in [0, 0.05) is 36.2 Å². The molecule has 3 rings (SSSR count). The van der Waals surface area contributed by atoms with Crippen molar-refractivity contribution in [2.45, 2.75) is 53.1 Å². The number of hydrogen-bond acceptors (Lipinski definition) is 4. The van der Waals surface area contributed by atoms with Crippen LogP contribution in [0, 0.1) is 20.8 Å². The summed E-state index contributed by atoms with van der Waals surface area (Å²) in [6.07, 6.45) is 2.36. The summed E-state index contributed by atoms with van der Waals surface area (Å²) >= 11 is 1.74. The first-order valence-electron chi connectivity index (χ1n) is 9.84. The maximum Gasteiger partial charge on any atom is 0.191 e. The van der Waals surface area contributed by atoms with Gasteiger partial charge in [-0.1, -0.05) is 17.7 Å². The molecule has 0 saturated carbocycles. The van der Waals surface area contributed by atoms with Crippen LogP contribution in [0.2, 0.25) is 0 Å². The van der Waals surface area contributed by atoms with Gasteiger partial charge in [-0.15, -0.1) is 11.3 Å². The Hall–Kier alpha value is -2.08. The van der Waals surface area contributed by atoms with Gasteiger partial charge in [0.1, 0.15) is 0 Å². The van der Waals surface area contributed by atoms with Crippen molar-refractivity contribution in [1.29, 1.82) is 0 Å². The molecule has 27 heavy (non-hydrogen) atoms. The van der Waals surface area contributed by atoms with Crippen LogP contribution in [0.4, 0.5) is 5.69 Å². The number of guanidine groups is 1. The fraction of sp³-hybridized carbons (Fsp3) is 0.524. The monoisotopic (exact) mass is 385 g/mol. The van der Waals surface area contributed by atoms with E-state index in [4.69, 9.17) is 4.99 Å². The van der Waals surface area contributed by atoms with Gasteiger partial charge in [0.2, 0.25) is 0 Å². The highest BCUT2D eigenvalue weighted by molar-refractivity contribution is 7.11. The van der Waals surface area contributed by atoms with Crippen LogP contribution in [-0.4, -0.2) is 36.6 Å². The summed E-state index contributed by atoms with van der Waals surface area (Å²) in [5.74, 6) is 0.902. The predicted molar refractivity (Wildman–Crippen MR) is 116 cm³/mol. The largest absolute Gasteiger partial charge is 0.369 e. The molecule has 0 spiro atoms. The van der Waals surface area contributed by atoms with Crippen LogP contribution in [0.1, 0.15) is 40.9 Å². The normalized spacial score (nSPS) is 17.9. The van der Waals surface area contributed by atoms with Crippen molar-refractivity contribution in [1.82, 2.24) is 15.6 Å². The van der Waals surface area contributed by atoms with Gasteiger partial charge in [-0.2, -0.15) is 0 Å². The number of nitrogens with one attached hydrogen (secondary N) is 2. The van der Waals surface area contributed by atoms with Crippen molar-refractivity contribution in [3.63, 3.8) is 0 Å². The molecule has 2 aromatic rings. The molecule has 1 unspecified atom stereocenters. The summed E-state index contributed by atoms with van der Waals surface area (Å²) in [4.78, 5) is 13.0. The number of piperidine rings is 1. The summed E-state index contributed by atoms with van der Waals surface area (Å²) in [6, 6.07) is 9.24. The molecule has 1 saturated heterocycles. The second-order valence-corrected chi connectivity index (χ2v) is 8.49. The van der Waals surface area contributed by atoms with Crippen LogP contribution in [0.15, 0.2) is 29.3 Å². The molecular formula is C21H31N5S. The molecule has 5 nitrogen and oxygen atoms in total. The lowest BCUT2D eigenvalue weighted by atomic mass is 10.0. The number of thiazole rings is 1. The molecule has 2 N–H and O–H groups in total. The average Bonchev–Trinajstić information content (AvgIpc) is 2.98. The molecule has 0 radical (unpaired) electrons. The number of rotatable bonds is 5. The van der Waals surface area contributed by atoms with Crippen molar-refractivity contribution >= 4 is 23.0 Å². The van der Waals surface area contributed by atoms with E-state index in [0.29, 0.717) is 12.6 Å². The van der Waals surface area contributed by atoms with Crippen molar-refractivity contribution in [2.24, 2.45) is 4.99 Å². The fourth-order valence-electron chi connectivity index (χ4n) is 3.47. The number of anilines is 1. The minimum Gasteiger partial charge on any atom is -0.369 e. The van der Waals surface area contributed by atoms with Crippen LogP contribution in [0.25, 0.3) is 0 Å². The number of benzene rings is 1. The Morgan fingerprint density at radius 3 is 2.70 bits per heavy atom. The van der Waals surface area contributed by atoms with Crippen molar-refractivity contribution in [2.75, 3.05) is 24.5 Å². The predicted octanol–water partition coefficient (Wildman–Crippen LogP) is 3.79. The molecule has 0 bridgehead atoms.